The van der Waals surface area contributed by atoms with E-state index in [4.69, 9.17) is 0 Å². The summed E-state index contributed by atoms with van der Waals surface area (Å²) in [5.41, 5.74) is 4.59. The lowest BCUT2D eigenvalue weighted by Gasteiger charge is -2.19. The van der Waals surface area contributed by atoms with Gasteiger partial charge in [-0.15, -0.1) is 0 Å². The van der Waals surface area contributed by atoms with Crippen molar-refractivity contribution < 1.29 is 19.1 Å². The van der Waals surface area contributed by atoms with Crippen molar-refractivity contribution >= 4 is 17.6 Å². The number of halogens is 1. The number of rotatable bonds is 6. The van der Waals surface area contributed by atoms with E-state index >= 15 is 0 Å². The summed E-state index contributed by atoms with van der Waals surface area (Å²) in [6, 6.07) is 19.8. The fourth-order valence-electron chi connectivity index (χ4n) is 5.21. The van der Waals surface area contributed by atoms with Gasteiger partial charge in [0.1, 0.15) is 11.6 Å². The predicted octanol–water partition coefficient (Wildman–Crippen LogP) is 7.36. The molecule has 0 unspecified atom stereocenters. The molecule has 1 aromatic heterocycles. The van der Waals surface area contributed by atoms with Crippen LogP contribution in [0.15, 0.2) is 72.8 Å². The molecule has 0 radical (unpaired) electrons. The number of aromatic hydroxyl groups is 1. The minimum atomic E-state index is -0.386. The Balaban J connectivity index is 1.34. The summed E-state index contributed by atoms with van der Waals surface area (Å²) in [6.07, 6.45) is 4.09. The third-order valence-electron chi connectivity index (χ3n) is 7.60. The molecule has 5 rings (SSSR count). The van der Waals surface area contributed by atoms with Crippen molar-refractivity contribution in [1.82, 2.24) is 15.1 Å². The molecule has 1 aliphatic rings. The average molecular weight is 555 g/mol. The molecule has 212 valence electrons. The minimum absolute atomic E-state index is 0.00941. The van der Waals surface area contributed by atoms with E-state index in [1.165, 1.54) is 22.9 Å². The molecule has 3 aromatic carbocycles. The number of anilines is 1. The Hall–Kier alpha value is -4.46. The van der Waals surface area contributed by atoms with Crippen molar-refractivity contribution in [3.8, 4) is 17.0 Å². The van der Waals surface area contributed by atoms with E-state index in [1.54, 1.807) is 36.4 Å². The lowest BCUT2D eigenvalue weighted by Crippen LogP contribution is -2.30. The summed E-state index contributed by atoms with van der Waals surface area (Å²) in [4.78, 5) is 26.0. The maximum absolute atomic E-state index is 13.2. The van der Waals surface area contributed by atoms with Crippen LogP contribution in [0.2, 0.25) is 0 Å². The zero-order chi connectivity index (χ0) is 29.1. The molecule has 41 heavy (non-hydrogen) atoms. The van der Waals surface area contributed by atoms with Crippen LogP contribution in [0.5, 0.6) is 5.75 Å². The van der Waals surface area contributed by atoms with Gasteiger partial charge >= 0.3 is 6.03 Å². The molecule has 0 aliphatic heterocycles. The van der Waals surface area contributed by atoms with Gasteiger partial charge in [0.25, 0.3) is 5.91 Å². The Kier molecular flexibility index (Phi) is 7.92. The number of carbonyl (C=O) groups excluding carboxylic acids is 2. The number of amides is 2. The fraction of sp³-hybridized carbons (Fsp3) is 0.303. The maximum Gasteiger partial charge on any atom is 0.342 e. The molecule has 0 atom stereocenters. The Morgan fingerprint density at radius 1 is 0.976 bits per heavy atom. The molecule has 3 N–H and O–H groups in total. The van der Waals surface area contributed by atoms with Gasteiger partial charge in [-0.3, -0.25) is 4.79 Å². The molecule has 0 bridgehead atoms. The van der Waals surface area contributed by atoms with Crippen LogP contribution in [0.25, 0.3) is 11.3 Å². The third-order valence-corrected chi connectivity index (χ3v) is 7.60. The van der Waals surface area contributed by atoms with Crippen LogP contribution < -0.4 is 10.6 Å². The summed E-state index contributed by atoms with van der Waals surface area (Å²) in [6.45, 7) is 6.59. The van der Waals surface area contributed by atoms with E-state index in [2.05, 4.69) is 36.5 Å². The number of benzene rings is 3. The average Bonchev–Trinajstić information content (AvgIpc) is 3.63. The van der Waals surface area contributed by atoms with E-state index in [9.17, 15) is 19.1 Å². The second-order valence-electron chi connectivity index (χ2n) is 11.6. The quantitative estimate of drug-likeness (QED) is 0.232. The molecular weight excluding hydrogens is 519 g/mol. The topological polar surface area (TPSA) is 96.3 Å². The maximum atomic E-state index is 13.2. The molecule has 1 saturated carbocycles. The summed E-state index contributed by atoms with van der Waals surface area (Å²) in [5, 5.41) is 21.2. The van der Waals surface area contributed by atoms with Crippen molar-refractivity contribution in [2.24, 2.45) is 0 Å². The molecule has 0 spiro atoms. The number of nitrogens with zero attached hydrogens (tertiary/aromatic N) is 2. The number of phenolic OH excluding ortho intramolecular Hbond substituents is 1. The number of aromatic nitrogens is 2. The Morgan fingerprint density at radius 2 is 1.66 bits per heavy atom. The molecule has 8 heteroatoms. The minimum Gasteiger partial charge on any atom is -0.507 e. The Bertz CT molecular complexity index is 1550. The van der Waals surface area contributed by atoms with E-state index in [0.717, 1.165) is 42.5 Å². The number of nitrogens with one attached hydrogen (secondary N) is 2. The highest BCUT2D eigenvalue weighted by Crippen LogP contribution is 2.38. The first kappa shape index (κ1) is 28.1. The van der Waals surface area contributed by atoms with Crippen molar-refractivity contribution in [3.63, 3.8) is 0 Å². The Morgan fingerprint density at radius 3 is 2.29 bits per heavy atom. The smallest absolute Gasteiger partial charge is 0.342 e. The van der Waals surface area contributed by atoms with Gasteiger partial charge in [-0.1, -0.05) is 57.9 Å². The van der Waals surface area contributed by atoms with Crippen LogP contribution in [-0.2, 0) is 12.0 Å². The van der Waals surface area contributed by atoms with E-state index < -0.39 is 0 Å². The number of carbonyl (C=O) groups is 2. The lowest BCUT2D eigenvalue weighted by molar-refractivity contribution is 0.102. The molecule has 4 aromatic rings. The third kappa shape index (κ3) is 6.48. The number of hydrogen-bond donors (Lipinski definition) is 3. The van der Waals surface area contributed by atoms with Crippen LogP contribution in [0.1, 0.15) is 79.6 Å². The van der Waals surface area contributed by atoms with Crippen LogP contribution in [0.3, 0.4) is 0 Å². The second-order valence-corrected chi connectivity index (χ2v) is 11.6. The zero-order valence-electron chi connectivity index (χ0n) is 23.6. The predicted molar refractivity (Wildman–Crippen MR) is 158 cm³/mol. The van der Waals surface area contributed by atoms with Gasteiger partial charge in [0, 0.05) is 35.3 Å². The zero-order valence-corrected chi connectivity index (χ0v) is 23.6. The van der Waals surface area contributed by atoms with Gasteiger partial charge in [-0.2, -0.15) is 9.78 Å². The largest absolute Gasteiger partial charge is 0.507 e. The molecule has 2 amide bonds. The van der Waals surface area contributed by atoms with Crippen molar-refractivity contribution in [2.45, 2.75) is 64.3 Å². The first-order valence-electron chi connectivity index (χ1n) is 14.0. The molecule has 7 nitrogen and oxygen atoms in total. The van der Waals surface area contributed by atoms with E-state index in [0.29, 0.717) is 22.5 Å². The highest BCUT2D eigenvalue weighted by molar-refractivity contribution is 6.04. The van der Waals surface area contributed by atoms with E-state index in [-0.39, 0.29) is 41.4 Å². The second kappa shape index (κ2) is 11.6. The van der Waals surface area contributed by atoms with Crippen molar-refractivity contribution in [1.29, 1.82) is 0 Å². The van der Waals surface area contributed by atoms with Gasteiger partial charge in [0.15, 0.2) is 0 Å². The normalized spacial score (nSPS) is 13.8. The Labute approximate surface area is 239 Å². The number of hydrogen-bond acceptors (Lipinski definition) is 4. The summed E-state index contributed by atoms with van der Waals surface area (Å²) < 4.78 is 14.6. The van der Waals surface area contributed by atoms with Crippen molar-refractivity contribution in [2.75, 3.05) is 5.32 Å². The highest BCUT2D eigenvalue weighted by Gasteiger charge is 2.26. The summed E-state index contributed by atoms with van der Waals surface area (Å²) >= 11 is 0. The van der Waals surface area contributed by atoms with Crippen LogP contribution in [-0.4, -0.2) is 26.8 Å². The first-order valence-corrected chi connectivity index (χ1v) is 14.0. The fourth-order valence-corrected chi connectivity index (χ4v) is 5.21. The molecule has 1 fully saturated rings. The lowest BCUT2D eigenvalue weighted by atomic mass is 9.87. The highest BCUT2D eigenvalue weighted by atomic mass is 19.1. The number of phenols is 1. The summed E-state index contributed by atoms with van der Waals surface area (Å²) in [7, 11) is 0. The van der Waals surface area contributed by atoms with Gasteiger partial charge in [-0.05, 0) is 71.8 Å². The molecule has 1 heterocycles. The molecule has 1 aliphatic carbocycles. The molecular formula is C33H35FN4O3. The van der Waals surface area contributed by atoms with Gasteiger partial charge in [0.05, 0.1) is 11.4 Å². The van der Waals surface area contributed by atoms with Gasteiger partial charge in [0.2, 0.25) is 0 Å². The van der Waals surface area contributed by atoms with Crippen LogP contribution >= 0.6 is 0 Å². The standard InChI is InChI=1S/C33H35FN4O3/c1-33(2,3)24-12-10-23(11-13-24)31(40)36-26-16-17-27(30(39)18-26)28-19-29(22-6-4-5-7-22)38(37-28)32(41)35-20-21-8-14-25(34)15-9-21/h8-19,22,39H,4-7,20H2,1-3H3,(H,35,41)(H,36,40). The van der Waals surface area contributed by atoms with Gasteiger partial charge < -0.3 is 15.7 Å². The van der Waals surface area contributed by atoms with Crippen LogP contribution in [0, 0.1) is 5.82 Å². The van der Waals surface area contributed by atoms with Crippen molar-refractivity contribution in [3.05, 3.63) is 101 Å². The monoisotopic (exact) mass is 554 g/mol. The first-order chi connectivity index (χ1) is 19.6. The van der Waals surface area contributed by atoms with Crippen LogP contribution in [0.4, 0.5) is 14.9 Å². The van der Waals surface area contributed by atoms with Gasteiger partial charge in [-0.25, -0.2) is 9.18 Å². The SMILES string of the molecule is CC(C)(C)c1ccc(C(=O)Nc2ccc(-c3cc(C4CCCC4)n(C(=O)NCc4ccc(F)cc4)n3)c(O)c2)cc1. The molecule has 0 saturated heterocycles. The summed E-state index contributed by atoms with van der Waals surface area (Å²) in [5.74, 6) is -0.470. The van der Waals surface area contributed by atoms with E-state index in [1.807, 2.05) is 18.2 Å².